The first-order chi connectivity index (χ1) is 11.2. The standard InChI is InChI=1S/C19H20N2O2/c1-15-7-9-18(10-8-15)23-14-17(22)13-21-12-11-20-19(21)16-5-3-2-4-6-16/h2-12,17,22H,13-14H2,1H3. The first kappa shape index (κ1) is 15.3. The Kier molecular flexibility index (Phi) is 4.74. The van der Waals surface area contributed by atoms with Crippen LogP contribution < -0.4 is 4.74 Å². The minimum atomic E-state index is -0.604. The van der Waals surface area contributed by atoms with E-state index in [9.17, 15) is 5.11 Å². The molecule has 0 saturated carbocycles. The van der Waals surface area contributed by atoms with Gasteiger partial charge in [-0.1, -0.05) is 48.0 Å². The SMILES string of the molecule is Cc1ccc(OCC(O)Cn2ccnc2-c2ccccc2)cc1. The molecule has 23 heavy (non-hydrogen) atoms. The van der Waals surface area contributed by atoms with Crippen molar-refractivity contribution in [2.75, 3.05) is 6.61 Å². The number of imidazole rings is 1. The monoisotopic (exact) mass is 308 g/mol. The number of aliphatic hydroxyl groups is 1. The van der Waals surface area contributed by atoms with Gasteiger partial charge in [0, 0.05) is 18.0 Å². The van der Waals surface area contributed by atoms with E-state index in [-0.39, 0.29) is 6.61 Å². The summed E-state index contributed by atoms with van der Waals surface area (Å²) in [5, 5.41) is 10.2. The van der Waals surface area contributed by atoms with Gasteiger partial charge in [-0.15, -0.1) is 0 Å². The highest BCUT2D eigenvalue weighted by atomic mass is 16.5. The van der Waals surface area contributed by atoms with Crippen LogP contribution in [0, 0.1) is 6.92 Å². The van der Waals surface area contributed by atoms with Gasteiger partial charge in [-0.3, -0.25) is 0 Å². The van der Waals surface area contributed by atoms with Gasteiger partial charge >= 0.3 is 0 Å². The number of aryl methyl sites for hydroxylation is 1. The highest BCUT2D eigenvalue weighted by Crippen LogP contribution is 2.17. The van der Waals surface area contributed by atoms with Crippen molar-refractivity contribution in [3.8, 4) is 17.1 Å². The summed E-state index contributed by atoms with van der Waals surface area (Å²) in [5.41, 5.74) is 2.22. The molecule has 0 amide bonds. The number of benzene rings is 2. The summed E-state index contributed by atoms with van der Waals surface area (Å²) in [6, 6.07) is 17.7. The first-order valence-corrected chi connectivity index (χ1v) is 7.66. The Morgan fingerprint density at radius 2 is 1.83 bits per heavy atom. The Labute approximate surface area is 136 Å². The van der Waals surface area contributed by atoms with Gasteiger partial charge in [-0.2, -0.15) is 0 Å². The van der Waals surface area contributed by atoms with Crippen molar-refractivity contribution in [1.82, 2.24) is 9.55 Å². The van der Waals surface area contributed by atoms with E-state index in [4.69, 9.17) is 4.74 Å². The maximum Gasteiger partial charge on any atom is 0.139 e. The van der Waals surface area contributed by atoms with Gasteiger partial charge < -0.3 is 14.4 Å². The van der Waals surface area contributed by atoms with Crippen LogP contribution in [0.3, 0.4) is 0 Å². The summed E-state index contributed by atoms with van der Waals surface area (Å²) in [4.78, 5) is 4.38. The molecule has 0 aliphatic rings. The molecule has 118 valence electrons. The van der Waals surface area contributed by atoms with Gasteiger partial charge in [0.15, 0.2) is 0 Å². The lowest BCUT2D eigenvalue weighted by Crippen LogP contribution is -2.23. The zero-order chi connectivity index (χ0) is 16.1. The average molecular weight is 308 g/mol. The molecule has 1 N–H and O–H groups in total. The van der Waals surface area contributed by atoms with Gasteiger partial charge in [0.25, 0.3) is 0 Å². The van der Waals surface area contributed by atoms with E-state index >= 15 is 0 Å². The topological polar surface area (TPSA) is 47.3 Å². The summed E-state index contributed by atoms with van der Waals surface area (Å²) < 4.78 is 7.58. The largest absolute Gasteiger partial charge is 0.491 e. The second kappa shape index (κ2) is 7.11. The Balaban J connectivity index is 1.61. The maximum atomic E-state index is 10.2. The first-order valence-electron chi connectivity index (χ1n) is 7.66. The molecule has 3 rings (SSSR count). The quantitative estimate of drug-likeness (QED) is 0.760. The summed E-state index contributed by atoms with van der Waals surface area (Å²) in [6.45, 7) is 2.72. The molecule has 1 aromatic heterocycles. The number of aromatic nitrogens is 2. The van der Waals surface area contributed by atoms with Crippen LogP contribution in [0.2, 0.25) is 0 Å². The van der Waals surface area contributed by atoms with Crippen LogP contribution >= 0.6 is 0 Å². The lowest BCUT2D eigenvalue weighted by Gasteiger charge is -2.15. The summed E-state index contributed by atoms with van der Waals surface area (Å²) in [7, 11) is 0. The van der Waals surface area contributed by atoms with Crippen molar-refractivity contribution in [2.45, 2.75) is 19.6 Å². The van der Waals surface area contributed by atoms with Crippen LogP contribution in [0.4, 0.5) is 0 Å². The van der Waals surface area contributed by atoms with E-state index in [1.54, 1.807) is 6.20 Å². The molecule has 2 aromatic carbocycles. The second-order valence-electron chi connectivity index (χ2n) is 5.55. The van der Waals surface area contributed by atoms with Crippen molar-refractivity contribution in [1.29, 1.82) is 0 Å². The molecule has 1 unspecified atom stereocenters. The Morgan fingerprint density at radius 3 is 2.57 bits per heavy atom. The van der Waals surface area contributed by atoms with Crippen molar-refractivity contribution < 1.29 is 9.84 Å². The molecule has 0 saturated heterocycles. The fourth-order valence-electron chi connectivity index (χ4n) is 2.41. The number of nitrogens with zero attached hydrogens (tertiary/aromatic N) is 2. The number of ether oxygens (including phenoxy) is 1. The molecular formula is C19H20N2O2. The molecule has 1 heterocycles. The smallest absolute Gasteiger partial charge is 0.139 e. The third kappa shape index (κ3) is 3.99. The predicted molar refractivity (Wildman–Crippen MR) is 90.3 cm³/mol. The van der Waals surface area contributed by atoms with Crippen LogP contribution in [-0.4, -0.2) is 27.4 Å². The molecule has 0 fully saturated rings. The number of aliphatic hydroxyl groups excluding tert-OH is 1. The van der Waals surface area contributed by atoms with Gasteiger partial charge in [-0.05, 0) is 19.1 Å². The lowest BCUT2D eigenvalue weighted by atomic mass is 10.2. The highest BCUT2D eigenvalue weighted by molar-refractivity contribution is 5.55. The molecule has 4 heteroatoms. The number of rotatable bonds is 6. The Morgan fingerprint density at radius 1 is 1.09 bits per heavy atom. The van der Waals surface area contributed by atoms with Crippen LogP contribution in [0.5, 0.6) is 5.75 Å². The molecule has 1 atom stereocenters. The van der Waals surface area contributed by atoms with Gasteiger partial charge in [0.1, 0.15) is 24.3 Å². The highest BCUT2D eigenvalue weighted by Gasteiger charge is 2.11. The predicted octanol–water partition coefficient (Wildman–Crippen LogP) is 3.30. The van der Waals surface area contributed by atoms with Crippen molar-refractivity contribution in [3.05, 3.63) is 72.6 Å². The van der Waals surface area contributed by atoms with E-state index < -0.39 is 6.10 Å². The van der Waals surface area contributed by atoms with Gasteiger partial charge in [-0.25, -0.2) is 4.98 Å². The molecule has 0 spiro atoms. The zero-order valence-electron chi connectivity index (χ0n) is 13.1. The van der Waals surface area contributed by atoms with E-state index in [2.05, 4.69) is 4.98 Å². The number of hydrogen-bond acceptors (Lipinski definition) is 3. The average Bonchev–Trinajstić information content (AvgIpc) is 3.03. The molecule has 0 aliphatic heterocycles. The molecule has 0 bridgehead atoms. The Hall–Kier alpha value is -2.59. The lowest BCUT2D eigenvalue weighted by molar-refractivity contribution is 0.0928. The van der Waals surface area contributed by atoms with Crippen molar-refractivity contribution in [2.24, 2.45) is 0 Å². The minimum Gasteiger partial charge on any atom is -0.491 e. The van der Waals surface area contributed by atoms with Crippen molar-refractivity contribution >= 4 is 0 Å². The fourth-order valence-corrected chi connectivity index (χ4v) is 2.41. The summed E-state index contributed by atoms with van der Waals surface area (Å²) in [6.07, 6.45) is 3.01. The van der Waals surface area contributed by atoms with E-state index in [0.29, 0.717) is 6.54 Å². The summed E-state index contributed by atoms with van der Waals surface area (Å²) in [5.74, 6) is 1.61. The van der Waals surface area contributed by atoms with Gasteiger partial charge in [0.05, 0.1) is 6.54 Å². The van der Waals surface area contributed by atoms with Crippen molar-refractivity contribution in [3.63, 3.8) is 0 Å². The molecule has 3 aromatic rings. The van der Waals surface area contributed by atoms with E-state index in [1.807, 2.05) is 72.3 Å². The summed E-state index contributed by atoms with van der Waals surface area (Å²) >= 11 is 0. The fraction of sp³-hybridized carbons (Fsp3) is 0.211. The second-order valence-corrected chi connectivity index (χ2v) is 5.55. The zero-order valence-corrected chi connectivity index (χ0v) is 13.1. The Bertz CT molecular complexity index is 736. The molecule has 0 aliphatic carbocycles. The third-order valence-electron chi connectivity index (χ3n) is 3.62. The van der Waals surface area contributed by atoms with Crippen LogP contribution in [0.1, 0.15) is 5.56 Å². The van der Waals surface area contributed by atoms with Crippen LogP contribution in [0.15, 0.2) is 67.0 Å². The molecular weight excluding hydrogens is 288 g/mol. The van der Waals surface area contributed by atoms with Crippen LogP contribution in [-0.2, 0) is 6.54 Å². The van der Waals surface area contributed by atoms with Gasteiger partial charge in [0.2, 0.25) is 0 Å². The molecule has 4 nitrogen and oxygen atoms in total. The minimum absolute atomic E-state index is 0.246. The molecule has 0 radical (unpaired) electrons. The number of hydrogen-bond donors (Lipinski definition) is 1. The normalized spacial score (nSPS) is 12.1. The van der Waals surface area contributed by atoms with E-state index in [1.165, 1.54) is 5.56 Å². The van der Waals surface area contributed by atoms with E-state index in [0.717, 1.165) is 17.1 Å². The third-order valence-corrected chi connectivity index (χ3v) is 3.62. The van der Waals surface area contributed by atoms with Crippen LogP contribution in [0.25, 0.3) is 11.4 Å². The maximum absolute atomic E-state index is 10.2.